The maximum absolute atomic E-state index is 4.17. The molecule has 0 fully saturated rings. The third-order valence-corrected chi connectivity index (χ3v) is 3.33. The van der Waals surface area contributed by atoms with Crippen molar-refractivity contribution in [2.75, 3.05) is 13.1 Å². The molecule has 0 saturated heterocycles. The lowest BCUT2D eigenvalue weighted by molar-refractivity contribution is 0.510. The lowest BCUT2D eigenvalue weighted by atomic mass is 10.5. The van der Waals surface area contributed by atoms with E-state index in [1.165, 1.54) is 0 Å². The summed E-state index contributed by atoms with van der Waals surface area (Å²) in [7, 11) is 0. The van der Waals surface area contributed by atoms with Gasteiger partial charge in [-0.2, -0.15) is 0 Å². The largest absolute Gasteiger partial charge is 0.315 e. The summed E-state index contributed by atoms with van der Waals surface area (Å²) < 4.78 is 1.80. The molecule has 7 nitrogen and oxygen atoms in total. The van der Waals surface area contributed by atoms with E-state index in [-0.39, 0.29) is 0 Å². The monoisotopic (exact) mass is 279 g/mol. The maximum Gasteiger partial charge on any atom is 0.209 e. The molecule has 0 saturated carbocycles. The van der Waals surface area contributed by atoms with Crippen molar-refractivity contribution in [1.29, 1.82) is 0 Å². The van der Waals surface area contributed by atoms with Crippen molar-refractivity contribution in [1.82, 2.24) is 35.5 Å². The Kier molecular flexibility index (Phi) is 5.70. The van der Waals surface area contributed by atoms with Gasteiger partial charge in [0.2, 0.25) is 5.16 Å². The van der Waals surface area contributed by atoms with Crippen LogP contribution < -0.4 is 5.32 Å². The van der Waals surface area contributed by atoms with Crippen molar-refractivity contribution in [3.63, 3.8) is 0 Å². The minimum absolute atomic E-state index is 0.670. The average molecular weight is 279 g/mol. The molecule has 102 valence electrons. The highest BCUT2D eigenvalue weighted by Gasteiger charge is 2.07. The van der Waals surface area contributed by atoms with Gasteiger partial charge in [0.15, 0.2) is 0 Å². The molecule has 2 rings (SSSR count). The molecule has 0 radical (unpaired) electrons. The first kappa shape index (κ1) is 13.9. The van der Waals surface area contributed by atoms with Crippen LogP contribution in [-0.2, 0) is 12.3 Å². The first-order valence-corrected chi connectivity index (χ1v) is 7.24. The minimum atomic E-state index is 0.670. The molecule has 2 aromatic rings. The van der Waals surface area contributed by atoms with Crippen LogP contribution in [0.3, 0.4) is 0 Å². The Hall–Kier alpha value is -1.54. The van der Waals surface area contributed by atoms with Crippen molar-refractivity contribution in [3.8, 4) is 0 Å². The van der Waals surface area contributed by atoms with Gasteiger partial charge in [0, 0.05) is 18.9 Å². The predicted octanol–water partition coefficient (Wildman–Crippen LogP) is 0.755. The standard InChI is InChI=1S/C11H17N7S/c1-2-4-12-7-8-18-11(15-16-17-18)19-9-10-13-5-3-6-14-10/h3,5-6,12H,2,4,7-9H2,1H3. The lowest BCUT2D eigenvalue weighted by Gasteiger charge is -2.04. The van der Waals surface area contributed by atoms with Crippen molar-refractivity contribution in [3.05, 3.63) is 24.3 Å². The van der Waals surface area contributed by atoms with E-state index in [0.29, 0.717) is 5.75 Å². The molecule has 0 atom stereocenters. The fourth-order valence-corrected chi connectivity index (χ4v) is 2.24. The summed E-state index contributed by atoms with van der Waals surface area (Å²) in [5.74, 6) is 1.45. The van der Waals surface area contributed by atoms with Crippen LogP contribution in [0.25, 0.3) is 0 Å². The van der Waals surface area contributed by atoms with Gasteiger partial charge in [-0.3, -0.25) is 0 Å². The number of aromatic nitrogens is 6. The van der Waals surface area contributed by atoms with E-state index in [1.807, 2.05) is 0 Å². The SMILES string of the molecule is CCCNCCn1nnnc1SCc1ncccn1. The molecule has 19 heavy (non-hydrogen) atoms. The van der Waals surface area contributed by atoms with Crippen LogP contribution in [0.1, 0.15) is 19.2 Å². The van der Waals surface area contributed by atoms with Crippen LogP contribution in [0.15, 0.2) is 23.6 Å². The second-order valence-corrected chi connectivity index (χ2v) is 4.83. The number of tetrazole rings is 1. The fourth-order valence-electron chi connectivity index (χ4n) is 1.46. The van der Waals surface area contributed by atoms with Crippen LogP contribution in [0.5, 0.6) is 0 Å². The van der Waals surface area contributed by atoms with Crippen LogP contribution in [-0.4, -0.2) is 43.3 Å². The molecule has 0 aliphatic heterocycles. The summed E-state index contributed by atoms with van der Waals surface area (Å²) in [4.78, 5) is 8.34. The highest BCUT2D eigenvalue weighted by molar-refractivity contribution is 7.98. The van der Waals surface area contributed by atoms with Gasteiger partial charge in [-0.05, 0) is 29.5 Å². The summed E-state index contributed by atoms with van der Waals surface area (Å²) in [5, 5.41) is 15.8. The average Bonchev–Trinajstić information content (AvgIpc) is 2.90. The molecule has 0 aliphatic rings. The fraction of sp³-hybridized carbons (Fsp3) is 0.545. The number of hydrogen-bond donors (Lipinski definition) is 1. The van der Waals surface area contributed by atoms with Crippen molar-refractivity contribution < 1.29 is 0 Å². The van der Waals surface area contributed by atoms with E-state index in [9.17, 15) is 0 Å². The zero-order chi connectivity index (χ0) is 13.3. The van der Waals surface area contributed by atoms with E-state index in [2.05, 4.69) is 37.7 Å². The van der Waals surface area contributed by atoms with Gasteiger partial charge in [0.25, 0.3) is 0 Å². The summed E-state index contributed by atoms with van der Waals surface area (Å²) in [5.41, 5.74) is 0. The molecule has 0 bridgehead atoms. The molecule has 1 N–H and O–H groups in total. The normalized spacial score (nSPS) is 10.8. The predicted molar refractivity (Wildman–Crippen MR) is 72.6 cm³/mol. The minimum Gasteiger partial charge on any atom is -0.315 e. The molecule has 0 spiro atoms. The van der Waals surface area contributed by atoms with Crippen molar-refractivity contribution in [2.24, 2.45) is 0 Å². The number of rotatable bonds is 8. The van der Waals surface area contributed by atoms with Crippen molar-refractivity contribution in [2.45, 2.75) is 30.8 Å². The Bertz CT molecular complexity index is 473. The summed E-state index contributed by atoms with van der Waals surface area (Å²) in [6.45, 7) is 4.80. The highest BCUT2D eigenvalue weighted by Crippen LogP contribution is 2.17. The molecule has 2 heterocycles. The quantitative estimate of drug-likeness (QED) is 0.564. The molecular formula is C11H17N7S. The third kappa shape index (κ3) is 4.56. The Balaban J connectivity index is 1.82. The highest BCUT2D eigenvalue weighted by atomic mass is 32.2. The molecule has 0 unspecified atom stereocenters. The zero-order valence-electron chi connectivity index (χ0n) is 10.9. The molecule has 2 aromatic heterocycles. The maximum atomic E-state index is 4.17. The second kappa shape index (κ2) is 7.80. The van der Waals surface area contributed by atoms with Crippen LogP contribution in [0, 0.1) is 0 Å². The number of hydrogen-bond acceptors (Lipinski definition) is 7. The van der Waals surface area contributed by atoms with Crippen LogP contribution in [0.2, 0.25) is 0 Å². The van der Waals surface area contributed by atoms with E-state index < -0.39 is 0 Å². The number of nitrogens with zero attached hydrogens (tertiary/aromatic N) is 6. The Morgan fingerprint density at radius 2 is 2.11 bits per heavy atom. The van der Waals surface area contributed by atoms with Crippen LogP contribution >= 0.6 is 11.8 Å². The van der Waals surface area contributed by atoms with Gasteiger partial charge in [-0.15, -0.1) is 5.10 Å². The zero-order valence-corrected chi connectivity index (χ0v) is 11.7. The molecule has 0 amide bonds. The number of nitrogens with one attached hydrogen (secondary N) is 1. The van der Waals surface area contributed by atoms with Gasteiger partial charge in [-0.1, -0.05) is 18.7 Å². The Labute approximate surface area is 116 Å². The molecule has 0 aromatic carbocycles. The lowest BCUT2D eigenvalue weighted by Crippen LogP contribution is -2.21. The van der Waals surface area contributed by atoms with Gasteiger partial charge in [-0.25, -0.2) is 14.6 Å². The van der Waals surface area contributed by atoms with Gasteiger partial charge in [0.1, 0.15) is 5.82 Å². The van der Waals surface area contributed by atoms with Gasteiger partial charge in [0.05, 0.1) is 12.3 Å². The van der Waals surface area contributed by atoms with Crippen molar-refractivity contribution >= 4 is 11.8 Å². The van der Waals surface area contributed by atoms with E-state index in [0.717, 1.165) is 37.0 Å². The van der Waals surface area contributed by atoms with E-state index in [4.69, 9.17) is 0 Å². The van der Waals surface area contributed by atoms with Crippen LogP contribution in [0.4, 0.5) is 0 Å². The first-order chi connectivity index (χ1) is 9.40. The Morgan fingerprint density at radius 3 is 2.89 bits per heavy atom. The van der Waals surface area contributed by atoms with E-state index >= 15 is 0 Å². The van der Waals surface area contributed by atoms with E-state index in [1.54, 1.807) is 34.9 Å². The molecule has 8 heteroatoms. The molecule has 0 aliphatic carbocycles. The summed E-state index contributed by atoms with van der Waals surface area (Å²) in [6.07, 6.45) is 4.60. The Morgan fingerprint density at radius 1 is 1.26 bits per heavy atom. The smallest absolute Gasteiger partial charge is 0.209 e. The topological polar surface area (TPSA) is 81.4 Å². The second-order valence-electron chi connectivity index (χ2n) is 3.89. The number of thioether (sulfide) groups is 1. The van der Waals surface area contributed by atoms with Gasteiger partial charge >= 0.3 is 0 Å². The first-order valence-electron chi connectivity index (χ1n) is 6.25. The summed E-state index contributed by atoms with van der Waals surface area (Å²) in [6, 6.07) is 1.80. The molecular weight excluding hydrogens is 262 g/mol. The summed E-state index contributed by atoms with van der Waals surface area (Å²) >= 11 is 1.54. The third-order valence-electron chi connectivity index (χ3n) is 2.38. The van der Waals surface area contributed by atoms with Gasteiger partial charge < -0.3 is 5.32 Å².